The molecule has 18 heavy (non-hydrogen) atoms. The summed E-state index contributed by atoms with van der Waals surface area (Å²) in [6.07, 6.45) is 2.89. The topological polar surface area (TPSA) is 43.3 Å². The predicted octanol–water partition coefficient (Wildman–Crippen LogP) is 3.05. The Morgan fingerprint density at radius 1 is 1.28 bits per heavy atom. The summed E-state index contributed by atoms with van der Waals surface area (Å²) in [6, 6.07) is 10.2. The van der Waals surface area contributed by atoms with Gasteiger partial charge in [0.1, 0.15) is 10.7 Å². The third kappa shape index (κ3) is 2.16. The summed E-state index contributed by atoms with van der Waals surface area (Å²) < 4.78 is 3.39. The number of pyridine rings is 1. The zero-order chi connectivity index (χ0) is 12.4. The molecule has 0 saturated carbocycles. The van der Waals surface area contributed by atoms with E-state index in [1.807, 2.05) is 24.4 Å². The van der Waals surface area contributed by atoms with Gasteiger partial charge in [0.15, 0.2) is 0 Å². The molecule has 0 amide bonds. The van der Waals surface area contributed by atoms with E-state index in [9.17, 15) is 0 Å². The Balaban J connectivity index is 2.06. The van der Waals surface area contributed by atoms with Crippen molar-refractivity contribution in [2.24, 2.45) is 5.73 Å². The van der Waals surface area contributed by atoms with Gasteiger partial charge in [0.25, 0.3) is 0 Å². The number of imidazole rings is 1. The van der Waals surface area contributed by atoms with E-state index in [1.54, 1.807) is 23.1 Å². The van der Waals surface area contributed by atoms with Crippen LogP contribution in [0.15, 0.2) is 51.1 Å². The number of nitrogens with two attached hydrogens (primary N) is 1. The second-order valence-corrected chi connectivity index (χ2v) is 6.10. The maximum absolute atomic E-state index is 5.71. The fourth-order valence-electron chi connectivity index (χ4n) is 1.89. The molecule has 0 aliphatic rings. The van der Waals surface area contributed by atoms with Crippen molar-refractivity contribution in [3.05, 3.63) is 47.6 Å². The Kier molecular flexibility index (Phi) is 3.36. The minimum Gasteiger partial charge on any atom is -0.330 e. The summed E-state index contributed by atoms with van der Waals surface area (Å²) in [5.74, 6) is 0. The smallest absolute Gasteiger partial charge is 0.138 e. The van der Waals surface area contributed by atoms with E-state index in [2.05, 4.69) is 26.9 Å². The van der Waals surface area contributed by atoms with Crippen LogP contribution in [0.1, 0.15) is 5.69 Å². The fourth-order valence-corrected chi connectivity index (χ4v) is 3.73. The summed E-state index contributed by atoms with van der Waals surface area (Å²) in [6.45, 7) is 0.640. The monoisotopic (exact) mass is 275 g/mol. The second-order valence-electron chi connectivity index (χ2n) is 3.87. The van der Waals surface area contributed by atoms with Gasteiger partial charge in [-0.2, -0.15) is 0 Å². The number of aromatic nitrogens is 2. The van der Waals surface area contributed by atoms with Gasteiger partial charge in [-0.05, 0) is 30.1 Å². The van der Waals surface area contributed by atoms with Crippen LogP contribution in [0.3, 0.4) is 0 Å². The van der Waals surface area contributed by atoms with Gasteiger partial charge < -0.3 is 10.1 Å². The quantitative estimate of drug-likeness (QED) is 0.796. The van der Waals surface area contributed by atoms with E-state index in [0.29, 0.717) is 6.54 Å². The number of hydrogen-bond donors (Lipinski definition) is 1. The summed E-state index contributed by atoms with van der Waals surface area (Å²) >= 11 is 3.45. The van der Waals surface area contributed by atoms with E-state index in [-0.39, 0.29) is 0 Å². The van der Waals surface area contributed by atoms with Crippen LogP contribution in [-0.2, 0) is 6.42 Å². The fraction of sp³-hybridized carbons (Fsp3) is 0.154. The maximum Gasteiger partial charge on any atom is 0.138 e. The third-order valence-electron chi connectivity index (χ3n) is 2.67. The van der Waals surface area contributed by atoms with Gasteiger partial charge >= 0.3 is 0 Å². The average molecular weight is 275 g/mol. The molecule has 0 aliphatic heterocycles. The van der Waals surface area contributed by atoms with Gasteiger partial charge in [-0.1, -0.05) is 23.9 Å². The lowest BCUT2D eigenvalue weighted by molar-refractivity contribution is 0.876. The van der Waals surface area contributed by atoms with Gasteiger partial charge in [-0.3, -0.25) is 0 Å². The molecule has 3 aromatic rings. The molecule has 0 fully saturated rings. The molecular weight excluding hydrogens is 262 g/mol. The van der Waals surface area contributed by atoms with Gasteiger partial charge in [-0.15, -0.1) is 11.3 Å². The van der Waals surface area contributed by atoms with Crippen LogP contribution < -0.4 is 5.73 Å². The van der Waals surface area contributed by atoms with Crippen molar-refractivity contribution in [1.29, 1.82) is 0 Å². The van der Waals surface area contributed by atoms with Crippen LogP contribution >= 0.6 is 23.1 Å². The molecule has 3 heterocycles. The zero-order valence-corrected chi connectivity index (χ0v) is 11.4. The van der Waals surface area contributed by atoms with Crippen LogP contribution in [0.4, 0.5) is 0 Å². The molecule has 3 aromatic heterocycles. The Bertz CT molecular complexity index is 643. The number of rotatable bonds is 4. The Morgan fingerprint density at radius 2 is 2.22 bits per heavy atom. The van der Waals surface area contributed by atoms with E-state index >= 15 is 0 Å². The first-order chi connectivity index (χ1) is 8.88. The highest BCUT2D eigenvalue weighted by atomic mass is 32.2. The SMILES string of the molecule is NCCc1c(Sc2cccs2)nc2ccccn12. The first-order valence-electron chi connectivity index (χ1n) is 5.76. The van der Waals surface area contributed by atoms with Gasteiger partial charge in [-0.25, -0.2) is 4.98 Å². The molecule has 0 spiro atoms. The Hall–Kier alpha value is -1.30. The molecular formula is C13H13N3S2. The van der Waals surface area contributed by atoms with E-state index in [1.165, 1.54) is 9.90 Å². The molecule has 3 rings (SSSR count). The largest absolute Gasteiger partial charge is 0.330 e. The van der Waals surface area contributed by atoms with Crippen molar-refractivity contribution >= 4 is 28.7 Å². The van der Waals surface area contributed by atoms with Crippen molar-refractivity contribution in [2.75, 3.05) is 6.54 Å². The van der Waals surface area contributed by atoms with Crippen molar-refractivity contribution < 1.29 is 0 Å². The Labute approximate surface area is 114 Å². The highest BCUT2D eigenvalue weighted by molar-refractivity contribution is 8.01. The van der Waals surface area contributed by atoms with Crippen molar-refractivity contribution in [1.82, 2.24) is 9.38 Å². The standard InChI is InChI=1S/C13H13N3S2/c14-7-6-10-13(18-12-5-3-9-17-12)15-11-4-1-2-8-16(10)11/h1-5,8-9H,6-7,14H2. The third-order valence-corrected chi connectivity index (χ3v) is 4.72. The lowest BCUT2D eigenvalue weighted by Gasteiger charge is -2.01. The van der Waals surface area contributed by atoms with Crippen LogP contribution in [0, 0.1) is 0 Å². The number of fused-ring (bicyclic) bond motifs is 1. The molecule has 92 valence electrons. The van der Waals surface area contributed by atoms with Gasteiger partial charge in [0, 0.05) is 12.6 Å². The molecule has 0 radical (unpaired) electrons. The van der Waals surface area contributed by atoms with Crippen molar-refractivity contribution in [3.8, 4) is 0 Å². The zero-order valence-electron chi connectivity index (χ0n) is 9.74. The number of hydrogen-bond acceptors (Lipinski definition) is 4. The Morgan fingerprint density at radius 3 is 3.00 bits per heavy atom. The molecule has 0 atom stereocenters. The number of thiophene rings is 1. The average Bonchev–Trinajstić information content (AvgIpc) is 3.00. The highest BCUT2D eigenvalue weighted by Gasteiger charge is 2.12. The van der Waals surface area contributed by atoms with Gasteiger partial charge in [0.2, 0.25) is 0 Å². The van der Waals surface area contributed by atoms with Gasteiger partial charge in [0.05, 0.1) is 9.90 Å². The minimum atomic E-state index is 0.640. The van der Waals surface area contributed by atoms with Crippen molar-refractivity contribution in [3.63, 3.8) is 0 Å². The molecule has 0 saturated heterocycles. The number of nitrogens with zero attached hydrogens (tertiary/aromatic N) is 2. The van der Waals surface area contributed by atoms with E-state index < -0.39 is 0 Å². The molecule has 0 unspecified atom stereocenters. The summed E-state index contributed by atoms with van der Waals surface area (Å²) in [5.41, 5.74) is 7.89. The second kappa shape index (κ2) is 5.14. The first kappa shape index (κ1) is 11.8. The minimum absolute atomic E-state index is 0.640. The normalized spacial score (nSPS) is 11.2. The molecule has 5 heteroatoms. The molecule has 0 bridgehead atoms. The molecule has 2 N–H and O–H groups in total. The molecule has 3 nitrogen and oxygen atoms in total. The van der Waals surface area contributed by atoms with Crippen LogP contribution in [0.2, 0.25) is 0 Å². The van der Waals surface area contributed by atoms with Crippen LogP contribution in [-0.4, -0.2) is 15.9 Å². The summed E-state index contributed by atoms with van der Waals surface area (Å²) in [4.78, 5) is 4.68. The van der Waals surface area contributed by atoms with Crippen LogP contribution in [0.25, 0.3) is 5.65 Å². The van der Waals surface area contributed by atoms with Crippen molar-refractivity contribution in [2.45, 2.75) is 15.7 Å². The highest BCUT2D eigenvalue weighted by Crippen LogP contribution is 2.33. The summed E-state index contributed by atoms with van der Waals surface area (Å²) in [7, 11) is 0. The predicted molar refractivity (Wildman–Crippen MR) is 76.4 cm³/mol. The summed E-state index contributed by atoms with van der Waals surface area (Å²) in [5, 5.41) is 3.15. The van der Waals surface area contributed by atoms with Crippen LogP contribution in [0.5, 0.6) is 0 Å². The maximum atomic E-state index is 5.71. The molecule has 0 aromatic carbocycles. The first-order valence-corrected chi connectivity index (χ1v) is 7.45. The van der Waals surface area contributed by atoms with E-state index in [4.69, 9.17) is 5.73 Å². The van der Waals surface area contributed by atoms with E-state index in [0.717, 1.165) is 17.1 Å². The lowest BCUT2D eigenvalue weighted by atomic mass is 10.3. The lowest BCUT2D eigenvalue weighted by Crippen LogP contribution is -2.05. The molecule has 0 aliphatic carbocycles.